The largest absolute Gasteiger partial charge is 0.349 e. The second-order valence-electron chi connectivity index (χ2n) is 7.35. The molecule has 152 valence electrons. The van der Waals surface area contributed by atoms with Crippen molar-refractivity contribution in [3.05, 3.63) is 65.2 Å². The van der Waals surface area contributed by atoms with E-state index in [2.05, 4.69) is 11.8 Å². The van der Waals surface area contributed by atoms with Crippen LogP contribution < -0.4 is 10.2 Å². The van der Waals surface area contributed by atoms with E-state index in [1.807, 2.05) is 23.5 Å². The second-order valence-corrected chi connectivity index (χ2v) is 7.35. The van der Waals surface area contributed by atoms with E-state index in [9.17, 15) is 23.2 Å². The van der Waals surface area contributed by atoms with Gasteiger partial charge in [-0.1, -0.05) is 30.0 Å². The number of carbonyl (C=O) groups excluding carboxylic acids is 3. The molecule has 0 radical (unpaired) electrons. The Hall–Kier alpha value is -3.73. The number of rotatable bonds is 1. The molecule has 0 saturated carbocycles. The number of anilines is 1. The number of amides is 3. The predicted octanol–water partition coefficient (Wildman–Crippen LogP) is 1.78. The van der Waals surface area contributed by atoms with E-state index in [1.165, 1.54) is 11.8 Å². The Morgan fingerprint density at radius 2 is 1.63 bits per heavy atom. The van der Waals surface area contributed by atoms with Crippen molar-refractivity contribution in [3.8, 4) is 11.8 Å². The lowest BCUT2D eigenvalue weighted by atomic mass is 9.89. The van der Waals surface area contributed by atoms with Crippen molar-refractivity contribution in [2.75, 3.05) is 18.1 Å². The van der Waals surface area contributed by atoms with Gasteiger partial charge in [0, 0.05) is 17.7 Å². The first kappa shape index (κ1) is 19.6. The van der Waals surface area contributed by atoms with E-state index < -0.39 is 34.9 Å². The molecule has 2 aromatic carbocycles. The molecule has 0 spiro atoms. The number of nitrogens with zero attached hydrogens (tertiary/aromatic N) is 2. The van der Waals surface area contributed by atoms with Crippen molar-refractivity contribution in [2.24, 2.45) is 0 Å². The monoisotopic (exact) mass is 409 g/mol. The first-order valence-electron chi connectivity index (χ1n) is 9.28. The van der Waals surface area contributed by atoms with Gasteiger partial charge in [-0.05, 0) is 37.6 Å². The summed E-state index contributed by atoms with van der Waals surface area (Å²) in [7, 11) is 0. The predicted molar refractivity (Wildman–Crippen MR) is 104 cm³/mol. The van der Waals surface area contributed by atoms with Crippen molar-refractivity contribution in [3.63, 3.8) is 0 Å². The van der Waals surface area contributed by atoms with Gasteiger partial charge < -0.3 is 9.80 Å². The van der Waals surface area contributed by atoms with Crippen molar-refractivity contribution < 1.29 is 23.2 Å². The van der Waals surface area contributed by atoms with Gasteiger partial charge in [-0.2, -0.15) is 0 Å². The Balaban J connectivity index is 1.62. The third-order valence-electron chi connectivity index (χ3n) is 5.39. The van der Waals surface area contributed by atoms with E-state index in [-0.39, 0.29) is 30.9 Å². The van der Waals surface area contributed by atoms with Crippen LogP contribution in [-0.2, 0) is 14.4 Å². The fourth-order valence-corrected chi connectivity index (χ4v) is 3.61. The van der Waals surface area contributed by atoms with E-state index in [0.29, 0.717) is 5.56 Å². The molecule has 2 aliphatic rings. The van der Waals surface area contributed by atoms with Crippen LogP contribution in [-0.4, -0.2) is 41.4 Å². The van der Waals surface area contributed by atoms with Crippen LogP contribution in [0.4, 0.5) is 14.5 Å². The van der Waals surface area contributed by atoms with E-state index >= 15 is 0 Å². The number of nitrogens with one attached hydrogen (secondary N) is 1. The highest BCUT2D eigenvalue weighted by atomic mass is 19.1. The summed E-state index contributed by atoms with van der Waals surface area (Å²) in [6.07, 6.45) is 0.117. The minimum atomic E-state index is -1.24. The zero-order chi connectivity index (χ0) is 21.5. The van der Waals surface area contributed by atoms with Gasteiger partial charge in [0.1, 0.15) is 11.2 Å². The second kappa shape index (κ2) is 7.26. The van der Waals surface area contributed by atoms with Crippen molar-refractivity contribution in [1.82, 2.24) is 10.2 Å². The van der Waals surface area contributed by atoms with E-state index in [0.717, 1.165) is 17.0 Å². The number of benzene rings is 2. The molecule has 2 saturated heterocycles. The summed E-state index contributed by atoms with van der Waals surface area (Å²) in [6.45, 7) is 1.38. The lowest BCUT2D eigenvalue weighted by Gasteiger charge is -2.49. The summed E-state index contributed by atoms with van der Waals surface area (Å²) in [6, 6.07) is 11.3. The number of fused-ring (bicyclic) bond motifs is 1. The average Bonchev–Trinajstić information content (AvgIpc) is 2.72. The third-order valence-corrected chi connectivity index (χ3v) is 5.39. The summed E-state index contributed by atoms with van der Waals surface area (Å²) in [5.74, 6) is 1.34. The Labute approximate surface area is 171 Å². The molecular weight excluding hydrogens is 392 g/mol. The van der Waals surface area contributed by atoms with Crippen molar-refractivity contribution in [1.29, 1.82) is 0 Å². The zero-order valence-electron chi connectivity index (χ0n) is 16.0. The molecule has 8 heteroatoms. The summed E-state index contributed by atoms with van der Waals surface area (Å²) in [5, 5.41) is 2.03. The average molecular weight is 409 g/mol. The molecular formula is C22H17F2N3O3. The highest BCUT2D eigenvalue weighted by molar-refractivity contribution is 6.40. The number of hydrogen-bond donors (Lipinski definition) is 1. The van der Waals surface area contributed by atoms with Gasteiger partial charge in [-0.3, -0.25) is 19.7 Å². The Morgan fingerprint density at radius 3 is 2.30 bits per heavy atom. The van der Waals surface area contributed by atoms with E-state index in [1.54, 1.807) is 12.1 Å². The number of imide groups is 1. The molecule has 1 unspecified atom stereocenters. The Bertz CT molecular complexity index is 1100. The van der Waals surface area contributed by atoms with Crippen LogP contribution in [0.3, 0.4) is 0 Å². The molecule has 1 N–H and O–H groups in total. The van der Waals surface area contributed by atoms with Gasteiger partial charge >= 0.3 is 11.8 Å². The van der Waals surface area contributed by atoms with Crippen LogP contribution in [0.15, 0.2) is 42.5 Å². The molecule has 0 bridgehead atoms. The summed E-state index contributed by atoms with van der Waals surface area (Å²) in [4.78, 5) is 38.5. The molecule has 2 fully saturated rings. The molecule has 0 aliphatic carbocycles. The van der Waals surface area contributed by atoms with Gasteiger partial charge in [0.2, 0.25) is 0 Å². The van der Waals surface area contributed by atoms with Gasteiger partial charge in [0.05, 0.1) is 6.67 Å². The Morgan fingerprint density at radius 1 is 1.00 bits per heavy atom. The molecule has 2 aromatic rings. The highest BCUT2D eigenvalue weighted by Gasteiger charge is 2.52. The van der Waals surface area contributed by atoms with Crippen LogP contribution in [0, 0.1) is 23.5 Å². The van der Waals surface area contributed by atoms with E-state index in [4.69, 9.17) is 0 Å². The lowest BCUT2D eigenvalue weighted by Crippen LogP contribution is -2.72. The maximum atomic E-state index is 14.8. The third kappa shape index (κ3) is 3.28. The van der Waals surface area contributed by atoms with Crippen molar-refractivity contribution in [2.45, 2.75) is 18.9 Å². The number of piperazine rings is 1. The molecule has 1 atom stereocenters. The SMILES string of the molecule is CC12CCN(c3c(F)cc(C#Cc4ccccc4)cc3F)CN1C(=O)C(=O)NC2=O. The van der Waals surface area contributed by atoms with Crippen LogP contribution in [0.5, 0.6) is 0 Å². The number of hydrogen-bond acceptors (Lipinski definition) is 4. The topological polar surface area (TPSA) is 69.7 Å². The van der Waals surface area contributed by atoms with Crippen LogP contribution in [0.2, 0.25) is 0 Å². The van der Waals surface area contributed by atoms with Crippen LogP contribution >= 0.6 is 0 Å². The van der Waals surface area contributed by atoms with Crippen LogP contribution in [0.1, 0.15) is 24.5 Å². The zero-order valence-corrected chi connectivity index (χ0v) is 16.0. The Kier molecular flexibility index (Phi) is 4.74. The normalized spacial score (nSPS) is 21.0. The minimum Gasteiger partial charge on any atom is -0.349 e. The quantitative estimate of drug-likeness (QED) is 0.443. The van der Waals surface area contributed by atoms with Gasteiger partial charge in [-0.25, -0.2) is 8.78 Å². The molecule has 2 aliphatic heterocycles. The maximum Gasteiger partial charge on any atom is 0.316 e. The highest BCUT2D eigenvalue weighted by Crippen LogP contribution is 2.33. The molecule has 3 amide bonds. The van der Waals surface area contributed by atoms with Gasteiger partial charge in [0.25, 0.3) is 5.91 Å². The van der Waals surface area contributed by atoms with Gasteiger partial charge in [0.15, 0.2) is 11.6 Å². The first-order valence-corrected chi connectivity index (χ1v) is 9.28. The summed E-state index contributed by atoms with van der Waals surface area (Å²) < 4.78 is 29.6. The maximum absolute atomic E-state index is 14.8. The number of halogens is 2. The summed E-state index contributed by atoms with van der Waals surface area (Å²) >= 11 is 0. The minimum absolute atomic E-state index is 0.117. The smallest absolute Gasteiger partial charge is 0.316 e. The molecule has 30 heavy (non-hydrogen) atoms. The summed E-state index contributed by atoms with van der Waals surface area (Å²) in [5.41, 5.74) is -0.684. The fourth-order valence-electron chi connectivity index (χ4n) is 3.61. The van der Waals surface area contributed by atoms with Crippen molar-refractivity contribution >= 4 is 23.4 Å². The fraction of sp³-hybridized carbons (Fsp3) is 0.227. The molecule has 6 nitrogen and oxygen atoms in total. The first-order chi connectivity index (χ1) is 14.3. The lowest BCUT2D eigenvalue weighted by molar-refractivity contribution is -0.163. The van der Waals surface area contributed by atoms with Gasteiger partial charge in [-0.15, -0.1) is 0 Å². The molecule has 4 rings (SSSR count). The number of carbonyl (C=O) groups is 3. The van der Waals surface area contributed by atoms with Crippen LogP contribution in [0.25, 0.3) is 0 Å². The molecule has 0 aromatic heterocycles. The molecule has 2 heterocycles. The standard InChI is InChI=1S/C22H17F2N3O3/c1-22-9-10-26(13-27(22)20(29)19(28)25-21(22)30)18-16(23)11-15(12-17(18)24)8-7-14-5-3-2-4-6-14/h2-6,11-12H,9-10,13H2,1H3,(H,25,28,30).